The maximum atomic E-state index is 12.3. The van der Waals surface area contributed by atoms with E-state index in [4.69, 9.17) is 11.6 Å². The van der Waals surface area contributed by atoms with Crippen LogP contribution >= 0.6 is 11.6 Å². The van der Waals surface area contributed by atoms with Gasteiger partial charge in [-0.3, -0.25) is 10.2 Å². The number of rotatable bonds is 5. The lowest BCUT2D eigenvalue weighted by molar-refractivity contribution is 0.0902. The van der Waals surface area contributed by atoms with E-state index >= 15 is 0 Å². The molecule has 1 aliphatic carbocycles. The van der Waals surface area contributed by atoms with Crippen molar-refractivity contribution in [2.75, 3.05) is 0 Å². The van der Waals surface area contributed by atoms with E-state index in [9.17, 15) is 4.79 Å². The molecule has 23 heavy (non-hydrogen) atoms. The number of benzene rings is 2. The average molecular weight is 327 g/mol. The number of hydrogen-bond donors (Lipinski definition) is 2. The summed E-state index contributed by atoms with van der Waals surface area (Å²) in [6, 6.07) is 15.1. The minimum Gasteiger partial charge on any atom is -0.287 e. The Morgan fingerprint density at radius 3 is 2.78 bits per heavy atom. The van der Waals surface area contributed by atoms with Gasteiger partial charge in [-0.2, -0.15) is 0 Å². The van der Waals surface area contributed by atoms with Gasteiger partial charge in [-0.25, -0.2) is 5.43 Å². The second kappa shape index (κ2) is 6.57. The molecule has 2 aromatic rings. The second-order valence-electron chi connectivity index (χ2n) is 5.82. The fourth-order valence-corrected chi connectivity index (χ4v) is 3.39. The van der Waals surface area contributed by atoms with E-state index in [1.165, 1.54) is 11.1 Å². The van der Waals surface area contributed by atoms with Crippen molar-refractivity contribution in [2.45, 2.75) is 24.8 Å². The van der Waals surface area contributed by atoms with Crippen LogP contribution in [-0.2, 0) is 12.0 Å². The first-order valence-electron chi connectivity index (χ1n) is 7.67. The van der Waals surface area contributed by atoms with Gasteiger partial charge in [0.15, 0.2) is 0 Å². The molecule has 1 amide bonds. The van der Waals surface area contributed by atoms with Crippen LogP contribution in [0.25, 0.3) is 0 Å². The molecule has 0 fully saturated rings. The molecule has 0 saturated heterocycles. The zero-order valence-corrected chi connectivity index (χ0v) is 13.6. The molecule has 4 heteroatoms. The molecule has 1 atom stereocenters. The van der Waals surface area contributed by atoms with Gasteiger partial charge in [0.2, 0.25) is 0 Å². The van der Waals surface area contributed by atoms with Gasteiger partial charge in [0.05, 0.1) is 5.54 Å². The zero-order valence-electron chi connectivity index (χ0n) is 12.8. The third-order valence-corrected chi connectivity index (χ3v) is 4.58. The topological polar surface area (TPSA) is 41.1 Å². The van der Waals surface area contributed by atoms with Crippen molar-refractivity contribution in [3.63, 3.8) is 0 Å². The minimum atomic E-state index is -0.327. The summed E-state index contributed by atoms with van der Waals surface area (Å²) in [5.74, 6) is -0.142. The molecule has 3 nitrogen and oxygen atoms in total. The number of amides is 1. The Morgan fingerprint density at radius 1 is 1.26 bits per heavy atom. The van der Waals surface area contributed by atoms with Crippen molar-refractivity contribution in [1.82, 2.24) is 10.9 Å². The molecule has 2 N–H and O–H groups in total. The molecule has 2 aromatic carbocycles. The van der Waals surface area contributed by atoms with Crippen molar-refractivity contribution in [3.8, 4) is 0 Å². The van der Waals surface area contributed by atoms with Crippen molar-refractivity contribution in [2.24, 2.45) is 0 Å². The van der Waals surface area contributed by atoms with E-state index in [0.29, 0.717) is 5.56 Å². The summed E-state index contributed by atoms with van der Waals surface area (Å²) in [7, 11) is 0. The number of carbonyl (C=O) groups is 1. The molecule has 0 heterocycles. The summed E-state index contributed by atoms with van der Waals surface area (Å²) in [4.78, 5) is 12.3. The summed E-state index contributed by atoms with van der Waals surface area (Å²) in [5.41, 5.74) is 8.81. The fraction of sp³-hybridized carbons (Fsp3) is 0.211. The normalized spacial score (nSPS) is 19.2. The highest BCUT2D eigenvalue weighted by Crippen LogP contribution is 2.40. The van der Waals surface area contributed by atoms with E-state index in [0.717, 1.165) is 24.3 Å². The minimum absolute atomic E-state index is 0.142. The maximum Gasteiger partial charge on any atom is 0.265 e. The average Bonchev–Trinajstić information content (AvgIpc) is 2.92. The molecule has 1 unspecified atom stereocenters. The van der Waals surface area contributed by atoms with Crippen LogP contribution in [0.3, 0.4) is 0 Å². The van der Waals surface area contributed by atoms with Gasteiger partial charge in [-0.1, -0.05) is 41.9 Å². The van der Waals surface area contributed by atoms with E-state index in [1.807, 2.05) is 42.5 Å². The molecule has 0 bridgehead atoms. The van der Waals surface area contributed by atoms with Crippen LogP contribution in [0.15, 0.2) is 61.2 Å². The lowest BCUT2D eigenvalue weighted by Gasteiger charge is -2.31. The van der Waals surface area contributed by atoms with Crippen LogP contribution < -0.4 is 10.9 Å². The second-order valence-corrected chi connectivity index (χ2v) is 6.26. The number of hydrogen-bond acceptors (Lipinski definition) is 2. The summed E-state index contributed by atoms with van der Waals surface area (Å²) in [6.07, 6.45) is 4.43. The SMILES string of the molecule is C=CCC1(NNC(=O)c2ccccc2)CCc2cc(Cl)ccc21. The lowest BCUT2D eigenvalue weighted by atomic mass is 9.89. The first kappa shape index (κ1) is 15.8. The van der Waals surface area contributed by atoms with Gasteiger partial charge in [-0.15, -0.1) is 6.58 Å². The predicted octanol–water partition coefficient (Wildman–Crippen LogP) is 3.99. The number of hydrazine groups is 1. The molecule has 118 valence electrons. The first-order chi connectivity index (χ1) is 11.1. The van der Waals surface area contributed by atoms with E-state index in [2.05, 4.69) is 17.4 Å². The summed E-state index contributed by atoms with van der Waals surface area (Å²) in [6.45, 7) is 3.87. The summed E-state index contributed by atoms with van der Waals surface area (Å²) in [5, 5.41) is 0.742. The molecule has 0 aliphatic heterocycles. The highest BCUT2D eigenvalue weighted by atomic mass is 35.5. The largest absolute Gasteiger partial charge is 0.287 e. The van der Waals surface area contributed by atoms with Gasteiger partial charge >= 0.3 is 0 Å². The maximum absolute atomic E-state index is 12.3. The van der Waals surface area contributed by atoms with Gasteiger partial charge in [-0.05, 0) is 54.7 Å². The zero-order chi connectivity index (χ0) is 16.3. The van der Waals surface area contributed by atoms with Gasteiger partial charge < -0.3 is 0 Å². The lowest BCUT2D eigenvalue weighted by Crippen LogP contribution is -2.50. The molecule has 0 spiro atoms. The molecular formula is C19H19ClN2O. The smallest absolute Gasteiger partial charge is 0.265 e. The Kier molecular flexibility index (Phi) is 4.51. The third-order valence-electron chi connectivity index (χ3n) is 4.35. The number of halogens is 1. The standard InChI is InChI=1S/C19H19ClN2O/c1-2-11-19(12-10-15-13-16(20)8-9-17(15)19)22-21-18(23)14-6-4-3-5-7-14/h2-9,13,22H,1,10-12H2,(H,21,23). The van der Waals surface area contributed by atoms with Gasteiger partial charge in [0.25, 0.3) is 5.91 Å². The van der Waals surface area contributed by atoms with Gasteiger partial charge in [0.1, 0.15) is 0 Å². The van der Waals surface area contributed by atoms with Crippen LogP contribution in [0.1, 0.15) is 34.3 Å². The molecule has 0 radical (unpaired) electrons. The number of carbonyl (C=O) groups excluding carboxylic acids is 1. The first-order valence-corrected chi connectivity index (χ1v) is 8.05. The van der Waals surface area contributed by atoms with Crippen molar-refractivity contribution in [1.29, 1.82) is 0 Å². The van der Waals surface area contributed by atoms with Crippen molar-refractivity contribution < 1.29 is 4.79 Å². The van der Waals surface area contributed by atoms with Crippen LogP contribution in [0.4, 0.5) is 0 Å². The summed E-state index contributed by atoms with van der Waals surface area (Å²) < 4.78 is 0. The van der Waals surface area contributed by atoms with Crippen molar-refractivity contribution in [3.05, 3.63) is 82.9 Å². The molecule has 0 saturated carbocycles. The number of nitrogens with one attached hydrogen (secondary N) is 2. The Hall–Kier alpha value is -2.10. The van der Waals surface area contributed by atoms with E-state index < -0.39 is 0 Å². The molecular weight excluding hydrogens is 308 g/mol. The molecule has 3 rings (SSSR count). The Morgan fingerprint density at radius 2 is 2.04 bits per heavy atom. The summed E-state index contributed by atoms with van der Waals surface area (Å²) >= 11 is 6.09. The van der Waals surface area contributed by atoms with Crippen LogP contribution in [-0.4, -0.2) is 5.91 Å². The fourth-order valence-electron chi connectivity index (χ4n) is 3.20. The Bertz CT molecular complexity index is 729. The number of fused-ring (bicyclic) bond motifs is 1. The Labute approximate surface area is 141 Å². The van der Waals surface area contributed by atoms with Crippen molar-refractivity contribution >= 4 is 17.5 Å². The number of aryl methyl sites for hydroxylation is 1. The van der Waals surface area contributed by atoms with Crippen LogP contribution in [0, 0.1) is 0 Å². The van der Waals surface area contributed by atoms with Crippen LogP contribution in [0.5, 0.6) is 0 Å². The predicted molar refractivity (Wildman–Crippen MR) is 93.3 cm³/mol. The quantitative estimate of drug-likeness (QED) is 0.644. The highest BCUT2D eigenvalue weighted by Gasteiger charge is 2.38. The van der Waals surface area contributed by atoms with E-state index in [1.54, 1.807) is 12.1 Å². The third kappa shape index (κ3) is 3.16. The molecule has 1 aliphatic rings. The Balaban J connectivity index is 1.81. The molecule has 0 aromatic heterocycles. The van der Waals surface area contributed by atoms with E-state index in [-0.39, 0.29) is 11.4 Å². The monoisotopic (exact) mass is 326 g/mol. The van der Waals surface area contributed by atoms with Crippen LogP contribution in [0.2, 0.25) is 5.02 Å². The van der Waals surface area contributed by atoms with Gasteiger partial charge in [0, 0.05) is 10.6 Å². The highest BCUT2D eigenvalue weighted by molar-refractivity contribution is 6.30.